The van der Waals surface area contributed by atoms with Crippen molar-refractivity contribution in [2.45, 2.75) is 26.2 Å². The van der Waals surface area contributed by atoms with Crippen LogP contribution in [-0.4, -0.2) is 22.0 Å². The molecule has 1 aliphatic rings. The van der Waals surface area contributed by atoms with Crippen molar-refractivity contribution < 1.29 is 19.8 Å². The van der Waals surface area contributed by atoms with Crippen molar-refractivity contribution in [2.75, 3.05) is 0 Å². The molecule has 3 aromatic carbocycles. The third-order valence-electron chi connectivity index (χ3n) is 6.32. The fourth-order valence-corrected chi connectivity index (χ4v) is 5.76. The minimum atomic E-state index is -0.746. The molecule has 5 heteroatoms. The Balaban J connectivity index is 1.64. The summed E-state index contributed by atoms with van der Waals surface area (Å²) in [7, 11) is 0. The first-order valence-electron chi connectivity index (χ1n) is 10.5. The van der Waals surface area contributed by atoms with E-state index in [1.54, 1.807) is 12.1 Å². The number of aromatic hydroxyl groups is 1. The molecular formula is C27H22O4S. The maximum Gasteiger partial charge on any atom is 0.307 e. The minimum Gasteiger partial charge on any atom is -0.508 e. The van der Waals surface area contributed by atoms with Gasteiger partial charge in [0.2, 0.25) is 5.78 Å². The van der Waals surface area contributed by atoms with E-state index in [1.807, 2.05) is 62.4 Å². The number of carbonyl (C=O) groups is 2. The van der Waals surface area contributed by atoms with Crippen LogP contribution in [0.1, 0.15) is 44.3 Å². The number of aryl methyl sites for hydroxylation is 2. The Hall–Kier alpha value is -3.44. The number of phenols is 1. The lowest BCUT2D eigenvalue weighted by atomic mass is 9.93. The van der Waals surface area contributed by atoms with Gasteiger partial charge in [-0.1, -0.05) is 42.5 Å². The van der Waals surface area contributed by atoms with Gasteiger partial charge in [-0.15, -0.1) is 11.3 Å². The molecule has 1 aliphatic carbocycles. The van der Waals surface area contributed by atoms with Crippen LogP contribution in [-0.2, 0) is 4.79 Å². The van der Waals surface area contributed by atoms with Gasteiger partial charge < -0.3 is 10.2 Å². The number of aliphatic carboxylic acids is 1. The summed E-state index contributed by atoms with van der Waals surface area (Å²) in [6, 6.07) is 18.9. The number of phenolic OH excluding ortho intramolecular Hbond substituents is 1. The highest BCUT2D eigenvalue weighted by Crippen LogP contribution is 2.48. The molecule has 0 radical (unpaired) electrons. The molecule has 32 heavy (non-hydrogen) atoms. The predicted molar refractivity (Wildman–Crippen MR) is 127 cm³/mol. The number of hydrogen-bond donors (Lipinski definition) is 2. The smallest absolute Gasteiger partial charge is 0.307 e. The highest BCUT2D eigenvalue weighted by Gasteiger charge is 2.44. The second kappa shape index (κ2) is 7.61. The maximum absolute atomic E-state index is 13.7. The summed E-state index contributed by atoms with van der Waals surface area (Å²) in [5, 5.41) is 20.1. The zero-order valence-electron chi connectivity index (χ0n) is 17.8. The monoisotopic (exact) mass is 442 g/mol. The van der Waals surface area contributed by atoms with Gasteiger partial charge in [-0.2, -0.15) is 0 Å². The van der Waals surface area contributed by atoms with Crippen LogP contribution in [0.4, 0.5) is 0 Å². The van der Waals surface area contributed by atoms with E-state index in [4.69, 9.17) is 0 Å². The van der Waals surface area contributed by atoms with E-state index >= 15 is 0 Å². The van der Waals surface area contributed by atoms with Crippen molar-refractivity contribution in [3.05, 3.63) is 87.8 Å². The van der Waals surface area contributed by atoms with E-state index in [9.17, 15) is 19.8 Å². The van der Waals surface area contributed by atoms with Crippen LogP contribution in [0.3, 0.4) is 0 Å². The number of fused-ring (bicyclic) bond motifs is 1. The molecule has 4 aromatic rings. The minimum absolute atomic E-state index is 0.0199. The van der Waals surface area contributed by atoms with E-state index in [0.29, 0.717) is 16.9 Å². The Bertz CT molecular complexity index is 1360. The molecule has 1 heterocycles. The molecule has 5 rings (SSSR count). The van der Waals surface area contributed by atoms with Gasteiger partial charge in [-0.05, 0) is 66.6 Å². The van der Waals surface area contributed by atoms with E-state index in [-0.39, 0.29) is 23.4 Å². The lowest BCUT2D eigenvalue weighted by Gasteiger charge is -2.10. The third kappa shape index (κ3) is 3.39. The van der Waals surface area contributed by atoms with Gasteiger partial charge in [0.1, 0.15) is 5.75 Å². The first-order chi connectivity index (χ1) is 15.3. The van der Waals surface area contributed by atoms with Crippen molar-refractivity contribution in [3.8, 4) is 16.9 Å². The number of carboxylic acid groups (broad SMARTS) is 1. The van der Waals surface area contributed by atoms with Crippen molar-refractivity contribution in [1.29, 1.82) is 0 Å². The van der Waals surface area contributed by atoms with Crippen LogP contribution >= 0.6 is 11.3 Å². The number of carboxylic acids is 1. The largest absolute Gasteiger partial charge is 0.508 e. The predicted octanol–water partition coefficient (Wildman–Crippen LogP) is 6.31. The average molecular weight is 443 g/mol. The quantitative estimate of drug-likeness (QED) is 0.355. The van der Waals surface area contributed by atoms with Crippen LogP contribution in [0.5, 0.6) is 5.75 Å². The van der Waals surface area contributed by atoms with E-state index < -0.39 is 5.97 Å². The highest BCUT2D eigenvalue weighted by molar-refractivity contribution is 7.21. The number of rotatable bonds is 5. The number of ketones is 1. The van der Waals surface area contributed by atoms with Gasteiger partial charge in [0.05, 0.1) is 10.8 Å². The Morgan fingerprint density at radius 3 is 2.28 bits per heavy atom. The summed E-state index contributed by atoms with van der Waals surface area (Å²) in [6.45, 7) is 3.89. The Morgan fingerprint density at radius 1 is 0.969 bits per heavy atom. The molecule has 1 saturated carbocycles. The normalized spacial score (nSPS) is 17.4. The SMILES string of the molecule is Cc1cccc(C)c1C(=O)c1sc2cc(O)ccc2c1-c1ccc(C2CC2C(=O)O)cc1. The summed E-state index contributed by atoms with van der Waals surface area (Å²) in [5.74, 6) is -0.835. The fourth-order valence-electron chi connectivity index (χ4n) is 4.55. The Morgan fingerprint density at radius 2 is 1.66 bits per heavy atom. The molecule has 0 saturated heterocycles. The van der Waals surface area contributed by atoms with Crippen LogP contribution < -0.4 is 0 Å². The van der Waals surface area contributed by atoms with Gasteiger partial charge in [-0.3, -0.25) is 9.59 Å². The average Bonchev–Trinajstić information content (AvgIpc) is 3.48. The summed E-state index contributed by atoms with van der Waals surface area (Å²) in [6.07, 6.45) is 0.672. The van der Waals surface area contributed by atoms with Gasteiger partial charge in [0.15, 0.2) is 0 Å². The second-order valence-corrected chi connectivity index (χ2v) is 9.54. The Kier molecular flexibility index (Phi) is 4.86. The van der Waals surface area contributed by atoms with Gasteiger partial charge in [0, 0.05) is 21.2 Å². The fraction of sp³-hybridized carbons (Fsp3) is 0.185. The molecule has 0 aliphatic heterocycles. The zero-order chi connectivity index (χ0) is 22.6. The topological polar surface area (TPSA) is 74.6 Å². The van der Waals surface area contributed by atoms with E-state index in [2.05, 4.69) is 0 Å². The summed E-state index contributed by atoms with van der Waals surface area (Å²) < 4.78 is 0.854. The highest BCUT2D eigenvalue weighted by atomic mass is 32.1. The summed E-state index contributed by atoms with van der Waals surface area (Å²) in [4.78, 5) is 25.6. The first kappa shape index (κ1) is 20.5. The number of hydrogen-bond acceptors (Lipinski definition) is 4. The third-order valence-corrected chi connectivity index (χ3v) is 7.47. The molecule has 2 atom stereocenters. The molecule has 0 bridgehead atoms. The second-order valence-electron chi connectivity index (χ2n) is 8.49. The molecule has 160 valence electrons. The van der Waals surface area contributed by atoms with Gasteiger partial charge in [-0.25, -0.2) is 0 Å². The van der Waals surface area contributed by atoms with Crippen LogP contribution in [0.15, 0.2) is 60.7 Å². The zero-order valence-corrected chi connectivity index (χ0v) is 18.6. The number of thiophene rings is 1. The van der Waals surface area contributed by atoms with Crippen molar-refractivity contribution in [2.24, 2.45) is 5.92 Å². The molecular weight excluding hydrogens is 420 g/mol. The molecule has 0 amide bonds. The van der Waals surface area contributed by atoms with E-state index in [0.717, 1.165) is 37.9 Å². The van der Waals surface area contributed by atoms with Crippen LogP contribution in [0, 0.1) is 19.8 Å². The standard InChI is InChI=1S/C27H22O4S/c1-14-4-3-5-15(2)23(14)25(29)26-24(19-11-10-18(28)12-22(19)32-26)17-8-6-16(7-9-17)20-13-21(20)27(30)31/h3-12,20-21,28H,13H2,1-2H3,(H,30,31). The Labute approximate surface area is 189 Å². The lowest BCUT2D eigenvalue weighted by Crippen LogP contribution is -2.05. The molecule has 0 spiro atoms. The van der Waals surface area contributed by atoms with Gasteiger partial charge in [0.25, 0.3) is 0 Å². The molecule has 2 N–H and O–H groups in total. The number of benzene rings is 3. The summed E-state index contributed by atoms with van der Waals surface area (Å²) >= 11 is 1.39. The lowest BCUT2D eigenvalue weighted by molar-refractivity contribution is -0.138. The van der Waals surface area contributed by atoms with Crippen LogP contribution in [0.25, 0.3) is 21.2 Å². The van der Waals surface area contributed by atoms with Crippen LogP contribution in [0.2, 0.25) is 0 Å². The van der Waals surface area contributed by atoms with Crippen molar-refractivity contribution in [3.63, 3.8) is 0 Å². The molecule has 4 nitrogen and oxygen atoms in total. The molecule has 1 fully saturated rings. The van der Waals surface area contributed by atoms with Gasteiger partial charge >= 0.3 is 5.97 Å². The summed E-state index contributed by atoms with van der Waals surface area (Å²) in [5.41, 5.74) is 5.36. The molecule has 1 aromatic heterocycles. The van der Waals surface area contributed by atoms with Crippen molar-refractivity contribution in [1.82, 2.24) is 0 Å². The maximum atomic E-state index is 13.7. The number of carbonyl (C=O) groups excluding carboxylic acids is 1. The molecule has 2 unspecified atom stereocenters. The first-order valence-corrected chi connectivity index (χ1v) is 11.4. The van der Waals surface area contributed by atoms with E-state index in [1.165, 1.54) is 11.3 Å². The van der Waals surface area contributed by atoms with Crippen molar-refractivity contribution >= 4 is 33.2 Å².